The first-order valence-corrected chi connectivity index (χ1v) is 10.2. The molecule has 1 unspecified atom stereocenters. The van der Waals surface area contributed by atoms with Gasteiger partial charge in [-0.05, 0) is 44.7 Å². The summed E-state index contributed by atoms with van der Waals surface area (Å²) in [5, 5.41) is 4.02. The van der Waals surface area contributed by atoms with Crippen LogP contribution in [0.2, 0.25) is 0 Å². The number of hydrogen-bond acceptors (Lipinski definition) is 6. The minimum Gasteiger partial charge on any atom is -0.356 e. The van der Waals surface area contributed by atoms with Crippen molar-refractivity contribution in [3.63, 3.8) is 0 Å². The van der Waals surface area contributed by atoms with E-state index < -0.39 is 0 Å². The molecule has 4 heterocycles. The highest BCUT2D eigenvalue weighted by molar-refractivity contribution is 5.94. The van der Waals surface area contributed by atoms with Gasteiger partial charge in [-0.15, -0.1) is 0 Å². The molecule has 0 aromatic carbocycles. The highest BCUT2D eigenvalue weighted by Crippen LogP contribution is 2.36. The van der Waals surface area contributed by atoms with Crippen LogP contribution in [0.15, 0.2) is 41.3 Å². The Kier molecular flexibility index (Phi) is 5.64. The molecule has 7 nitrogen and oxygen atoms in total. The number of rotatable bonds is 5. The summed E-state index contributed by atoms with van der Waals surface area (Å²) < 4.78 is 5.52. The van der Waals surface area contributed by atoms with E-state index in [-0.39, 0.29) is 11.9 Å². The van der Waals surface area contributed by atoms with E-state index >= 15 is 0 Å². The van der Waals surface area contributed by atoms with Gasteiger partial charge in [0.25, 0.3) is 5.91 Å². The maximum atomic E-state index is 13.3. The van der Waals surface area contributed by atoms with Crippen molar-refractivity contribution in [1.82, 2.24) is 25.0 Å². The fraction of sp³-hybridized carbons (Fsp3) is 0.409. The molecule has 0 N–H and O–H groups in total. The number of pyridine rings is 1. The summed E-state index contributed by atoms with van der Waals surface area (Å²) in [6.45, 7) is 4.70. The summed E-state index contributed by atoms with van der Waals surface area (Å²) in [4.78, 5) is 28.6. The molecule has 1 fully saturated rings. The zero-order valence-corrected chi connectivity index (χ0v) is 16.8. The molecular formula is C22H25N5O2. The maximum Gasteiger partial charge on any atom is 0.254 e. The summed E-state index contributed by atoms with van der Waals surface area (Å²) in [6.07, 6.45) is 9.77. The van der Waals surface area contributed by atoms with Gasteiger partial charge in [0.1, 0.15) is 5.82 Å². The summed E-state index contributed by atoms with van der Waals surface area (Å²) >= 11 is 0. The number of hydrogen-bond donors (Lipinski definition) is 0. The molecule has 3 aromatic rings. The van der Waals surface area contributed by atoms with E-state index in [0.29, 0.717) is 17.9 Å². The summed E-state index contributed by atoms with van der Waals surface area (Å²) in [5.41, 5.74) is 3.11. The van der Waals surface area contributed by atoms with Gasteiger partial charge in [0, 0.05) is 43.2 Å². The molecule has 0 spiro atoms. The lowest BCUT2D eigenvalue weighted by Crippen LogP contribution is -2.39. The Labute approximate surface area is 170 Å². The zero-order chi connectivity index (χ0) is 20.2. The molecule has 7 heteroatoms. The number of nitrogens with zero attached hydrogens (tertiary/aromatic N) is 5. The Hall–Kier alpha value is -3.09. The van der Waals surface area contributed by atoms with Crippen LogP contribution in [0.5, 0.6) is 0 Å². The van der Waals surface area contributed by atoms with E-state index in [0.717, 1.165) is 54.9 Å². The molecule has 3 aromatic heterocycles. The Bertz CT molecular complexity index is 986. The largest absolute Gasteiger partial charge is 0.356 e. The van der Waals surface area contributed by atoms with Crippen molar-refractivity contribution in [2.75, 3.05) is 6.54 Å². The van der Waals surface area contributed by atoms with Crippen LogP contribution < -0.4 is 0 Å². The molecule has 4 rings (SSSR count). The van der Waals surface area contributed by atoms with Gasteiger partial charge < -0.3 is 9.42 Å². The van der Waals surface area contributed by atoms with E-state index in [1.165, 1.54) is 0 Å². The average Bonchev–Trinajstić information content (AvgIpc) is 3.20. The van der Waals surface area contributed by atoms with Crippen molar-refractivity contribution >= 4 is 5.91 Å². The molecular weight excluding hydrogens is 366 g/mol. The van der Waals surface area contributed by atoms with Gasteiger partial charge in [-0.25, -0.2) is 9.97 Å². The van der Waals surface area contributed by atoms with Gasteiger partial charge in [-0.1, -0.05) is 12.1 Å². The van der Waals surface area contributed by atoms with Crippen molar-refractivity contribution in [2.24, 2.45) is 0 Å². The molecule has 0 bridgehead atoms. The first kappa shape index (κ1) is 19.2. The third-order valence-electron chi connectivity index (χ3n) is 5.24. The van der Waals surface area contributed by atoms with E-state index in [2.05, 4.69) is 22.0 Å². The van der Waals surface area contributed by atoms with Gasteiger partial charge in [0.05, 0.1) is 23.0 Å². The third-order valence-corrected chi connectivity index (χ3v) is 5.24. The highest BCUT2D eigenvalue weighted by atomic mass is 16.5. The smallest absolute Gasteiger partial charge is 0.254 e. The van der Waals surface area contributed by atoms with Crippen LogP contribution in [-0.2, 0) is 6.42 Å². The first-order chi connectivity index (χ1) is 14.2. The van der Waals surface area contributed by atoms with Gasteiger partial charge in [0.15, 0.2) is 5.76 Å². The van der Waals surface area contributed by atoms with Crippen LogP contribution in [0.4, 0.5) is 0 Å². The van der Waals surface area contributed by atoms with Crippen LogP contribution in [-0.4, -0.2) is 37.5 Å². The maximum absolute atomic E-state index is 13.3. The van der Waals surface area contributed by atoms with Crippen LogP contribution >= 0.6 is 0 Å². The average molecular weight is 391 g/mol. The lowest BCUT2D eigenvalue weighted by atomic mass is 9.94. The number of aromatic nitrogens is 4. The fourth-order valence-corrected chi connectivity index (χ4v) is 3.83. The van der Waals surface area contributed by atoms with Crippen molar-refractivity contribution in [3.8, 4) is 11.3 Å². The standard InChI is InChI=1S/C22H25N5O2/c1-3-6-20-24-14-17(19-13-15(2)26-29-19)21(25-20)18-7-4-5-12-27(18)22(28)16-8-10-23-11-9-16/h8-11,13-14,18H,3-7,12H2,1-2H3. The SMILES string of the molecule is CCCc1ncc(-c2cc(C)no2)c(C2CCCCN2C(=O)c2ccncc2)n1. The number of piperidine rings is 1. The Morgan fingerprint density at radius 2 is 2.10 bits per heavy atom. The van der Waals surface area contributed by atoms with Crippen molar-refractivity contribution in [3.05, 3.63) is 59.6 Å². The molecule has 0 radical (unpaired) electrons. The molecule has 150 valence electrons. The van der Waals surface area contributed by atoms with E-state index in [1.807, 2.05) is 24.1 Å². The molecule has 0 aliphatic carbocycles. The van der Waals surface area contributed by atoms with Crippen LogP contribution in [0.1, 0.15) is 66.2 Å². The Balaban J connectivity index is 1.77. The Morgan fingerprint density at radius 3 is 2.83 bits per heavy atom. The summed E-state index contributed by atoms with van der Waals surface area (Å²) in [5.74, 6) is 1.44. The normalized spacial score (nSPS) is 16.8. The van der Waals surface area contributed by atoms with Gasteiger partial charge in [-0.2, -0.15) is 0 Å². The number of aryl methyl sites for hydroxylation is 2. The minimum absolute atomic E-state index is 0.00690. The highest BCUT2D eigenvalue weighted by Gasteiger charge is 2.32. The molecule has 29 heavy (non-hydrogen) atoms. The van der Waals surface area contributed by atoms with E-state index in [1.54, 1.807) is 24.5 Å². The number of likely N-dealkylation sites (tertiary alicyclic amines) is 1. The topological polar surface area (TPSA) is 85.0 Å². The molecule has 0 saturated carbocycles. The second-order valence-electron chi connectivity index (χ2n) is 7.41. The van der Waals surface area contributed by atoms with Crippen molar-refractivity contribution < 1.29 is 9.32 Å². The first-order valence-electron chi connectivity index (χ1n) is 10.2. The number of carbonyl (C=O) groups is 1. The minimum atomic E-state index is -0.122. The molecule has 1 amide bonds. The summed E-state index contributed by atoms with van der Waals surface area (Å²) in [6, 6.07) is 5.29. The van der Waals surface area contributed by atoms with Gasteiger partial charge >= 0.3 is 0 Å². The molecule has 1 saturated heterocycles. The lowest BCUT2D eigenvalue weighted by molar-refractivity contribution is 0.0606. The van der Waals surface area contributed by atoms with Crippen molar-refractivity contribution in [2.45, 2.75) is 52.0 Å². The van der Waals surface area contributed by atoms with E-state index in [4.69, 9.17) is 9.51 Å². The lowest BCUT2D eigenvalue weighted by Gasteiger charge is -2.36. The molecule has 1 aliphatic heterocycles. The fourth-order valence-electron chi connectivity index (χ4n) is 3.83. The number of carbonyl (C=O) groups excluding carboxylic acids is 1. The van der Waals surface area contributed by atoms with Crippen LogP contribution in [0.3, 0.4) is 0 Å². The molecule has 1 aliphatic rings. The molecule has 1 atom stereocenters. The number of amides is 1. The predicted octanol–water partition coefficient (Wildman–Crippen LogP) is 4.15. The van der Waals surface area contributed by atoms with Gasteiger partial charge in [0.2, 0.25) is 0 Å². The quantitative estimate of drug-likeness (QED) is 0.649. The second kappa shape index (κ2) is 8.51. The van der Waals surface area contributed by atoms with Crippen LogP contribution in [0.25, 0.3) is 11.3 Å². The van der Waals surface area contributed by atoms with Crippen LogP contribution in [0, 0.1) is 6.92 Å². The van der Waals surface area contributed by atoms with Gasteiger partial charge in [-0.3, -0.25) is 9.78 Å². The van der Waals surface area contributed by atoms with Crippen molar-refractivity contribution in [1.29, 1.82) is 0 Å². The monoisotopic (exact) mass is 391 g/mol. The Morgan fingerprint density at radius 1 is 1.28 bits per heavy atom. The summed E-state index contributed by atoms with van der Waals surface area (Å²) in [7, 11) is 0. The zero-order valence-electron chi connectivity index (χ0n) is 16.8. The third kappa shape index (κ3) is 4.04. The predicted molar refractivity (Wildman–Crippen MR) is 108 cm³/mol. The second-order valence-corrected chi connectivity index (χ2v) is 7.41. The van der Waals surface area contributed by atoms with E-state index in [9.17, 15) is 4.79 Å².